The van der Waals surface area contributed by atoms with Gasteiger partial charge in [-0.2, -0.15) is 0 Å². The van der Waals surface area contributed by atoms with Gasteiger partial charge in [0.25, 0.3) is 0 Å². The molecule has 0 saturated carbocycles. The molecule has 3 nitrogen and oxygen atoms in total. The molecular weight excluding hydrogens is 314 g/mol. The van der Waals surface area contributed by atoms with E-state index in [0.717, 1.165) is 21.4 Å². The van der Waals surface area contributed by atoms with Crippen molar-refractivity contribution in [3.8, 4) is 0 Å². The third-order valence-electron chi connectivity index (χ3n) is 2.66. The van der Waals surface area contributed by atoms with Crippen LogP contribution in [-0.4, -0.2) is 23.4 Å². The molecule has 0 fully saturated rings. The second-order valence-electron chi connectivity index (χ2n) is 4.02. The van der Waals surface area contributed by atoms with Crippen molar-refractivity contribution < 1.29 is 9.90 Å². The predicted octanol–water partition coefficient (Wildman–Crippen LogP) is 3.51. The van der Waals surface area contributed by atoms with Gasteiger partial charge in [-0.25, -0.2) is 0 Å². The Morgan fingerprint density at radius 3 is 2.83 bits per heavy atom. The SMILES string of the molecule is CCCC(NCc1ccc(Br)cc1SC)C(=O)O. The molecule has 0 amide bonds. The number of aliphatic carboxylic acids is 1. The minimum Gasteiger partial charge on any atom is -0.480 e. The first kappa shape index (κ1) is 15.5. The third-order valence-corrected chi connectivity index (χ3v) is 3.98. The van der Waals surface area contributed by atoms with Crippen LogP contribution in [-0.2, 0) is 11.3 Å². The van der Waals surface area contributed by atoms with Gasteiger partial charge in [0.2, 0.25) is 0 Å². The Hall–Kier alpha value is -0.520. The highest BCUT2D eigenvalue weighted by Gasteiger charge is 2.15. The summed E-state index contributed by atoms with van der Waals surface area (Å²) < 4.78 is 1.04. The van der Waals surface area contributed by atoms with Gasteiger partial charge < -0.3 is 10.4 Å². The Morgan fingerprint density at radius 1 is 1.56 bits per heavy atom. The van der Waals surface area contributed by atoms with Crippen molar-refractivity contribution in [1.29, 1.82) is 0 Å². The van der Waals surface area contributed by atoms with Crippen LogP contribution in [0.3, 0.4) is 0 Å². The fourth-order valence-corrected chi connectivity index (χ4v) is 2.86. The summed E-state index contributed by atoms with van der Waals surface area (Å²) in [5.74, 6) is -0.778. The number of rotatable bonds is 7. The average molecular weight is 332 g/mol. The van der Waals surface area contributed by atoms with Crippen LogP contribution in [0.25, 0.3) is 0 Å². The zero-order valence-corrected chi connectivity index (χ0v) is 13.0. The molecule has 0 aromatic heterocycles. The molecule has 1 rings (SSSR count). The Bertz CT molecular complexity index is 412. The zero-order valence-electron chi connectivity index (χ0n) is 10.6. The summed E-state index contributed by atoms with van der Waals surface area (Å²) in [6, 6.07) is 5.59. The number of nitrogens with one attached hydrogen (secondary N) is 1. The number of carboxylic acid groups (broad SMARTS) is 1. The average Bonchev–Trinajstić information content (AvgIpc) is 2.35. The molecule has 1 aromatic rings. The monoisotopic (exact) mass is 331 g/mol. The smallest absolute Gasteiger partial charge is 0.320 e. The lowest BCUT2D eigenvalue weighted by molar-refractivity contribution is -0.139. The van der Waals surface area contributed by atoms with Gasteiger partial charge in [-0.05, 0) is 30.4 Å². The second-order valence-corrected chi connectivity index (χ2v) is 5.78. The number of thioether (sulfide) groups is 1. The lowest BCUT2D eigenvalue weighted by atomic mass is 10.1. The molecule has 0 spiro atoms. The van der Waals surface area contributed by atoms with Gasteiger partial charge in [-0.1, -0.05) is 35.3 Å². The molecular formula is C13H18BrNO2S. The van der Waals surface area contributed by atoms with Gasteiger partial charge in [0, 0.05) is 15.9 Å². The number of carbonyl (C=O) groups is 1. The van der Waals surface area contributed by atoms with Crippen molar-refractivity contribution in [2.45, 2.75) is 37.2 Å². The van der Waals surface area contributed by atoms with E-state index in [4.69, 9.17) is 5.11 Å². The first-order chi connectivity index (χ1) is 8.58. The quantitative estimate of drug-likeness (QED) is 0.750. The predicted molar refractivity (Wildman–Crippen MR) is 79.1 cm³/mol. The number of hydrogen-bond acceptors (Lipinski definition) is 3. The van der Waals surface area contributed by atoms with Gasteiger partial charge in [-0.3, -0.25) is 4.79 Å². The molecule has 1 aromatic carbocycles. The normalized spacial score (nSPS) is 12.4. The summed E-state index contributed by atoms with van der Waals surface area (Å²) in [6.45, 7) is 2.57. The maximum absolute atomic E-state index is 11.0. The number of hydrogen-bond donors (Lipinski definition) is 2. The van der Waals surface area contributed by atoms with Gasteiger partial charge in [0.1, 0.15) is 6.04 Å². The van der Waals surface area contributed by atoms with Crippen molar-refractivity contribution in [2.75, 3.05) is 6.26 Å². The summed E-state index contributed by atoms with van der Waals surface area (Å²) in [4.78, 5) is 12.2. The Balaban J connectivity index is 2.69. The number of halogens is 1. The molecule has 0 bridgehead atoms. The van der Waals surface area contributed by atoms with E-state index in [2.05, 4.69) is 27.3 Å². The second kappa shape index (κ2) is 7.81. The van der Waals surface area contributed by atoms with Crippen molar-refractivity contribution in [2.24, 2.45) is 0 Å². The van der Waals surface area contributed by atoms with Crippen LogP contribution in [0.5, 0.6) is 0 Å². The van der Waals surface area contributed by atoms with E-state index in [1.807, 2.05) is 25.3 Å². The first-order valence-electron chi connectivity index (χ1n) is 5.87. The molecule has 0 aliphatic heterocycles. The van der Waals surface area contributed by atoms with Crippen LogP contribution in [0.2, 0.25) is 0 Å². The molecule has 18 heavy (non-hydrogen) atoms. The van der Waals surface area contributed by atoms with Crippen LogP contribution in [0.15, 0.2) is 27.6 Å². The third kappa shape index (κ3) is 4.63. The first-order valence-corrected chi connectivity index (χ1v) is 7.88. The largest absolute Gasteiger partial charge is 0.480 e. The van der Waals surface area contributed by atoms with E-state index in [9.17, 15) is 4.79 Å². The number of carboxylic acids is 1. The van der Waals surface area contributed by atoms with E-state index in [0.29, 0.717) is 13.0 Å². The fourth-order valence-electron chi connectivity index (χ4n) is 1.70. The van der Waals surface area contributed by atoms with Gasteiger partial charge in [0.15, 0.2) is 0 Å². The van der Waals surface area contributed by atoms with Crippen molar-refractivity contribution >= 4 is 33.7 Å². The molecule has 1 unspecified atom stereocenters. The van der Waals surface area contributed by atoms with E-state index in [-0.39, 0.29) is 0 Å². The van der Waals surface area contributed by atoms with Gasteiger partial charge in [0.05, 0.1) is 0 Å². The summed E-state index contributed by atoms with van der Waals surface area (Å²) >= 11 is 5.10. The zero-order chi connectivity index (χ0) is 13.5. The van der Waals surface area contributed by atoms with Crippen LogP contribution in [0, 0.1) is 0 Å². The van der Waals surface area contributed by atoms with Crippen LogP contribution in [0.1, 0.15) is 25.3 Å². The topological polar surface area (TPSA) is 49.3 Å². The van der Waals surface area contributed by atoms with Crippen molar-refractivity contribution in [1.82, 2.24) is 5.32 Å². The van der Waals surface area contributed by atoms with Crippen molar-refractivity contribution in [3.05, 3.63) is 28.2 Å². The molecule has 2 N–H and O–H groups in total. The molecule has 0 radical (unpaired) electrons. The molecule has 5 heteroatoms. The lowest BCUT2D eigenvalue weighted by Crippen LogP contribution is -2.36. The van der Waals surface area contributed by atoms with E-state index >= 15 is 0 Å². The number of benzene rings is 1. The summed E-state index contributed by atoms with van der Waals surface area (Å²) in [5, 5.41) is 12.2. The molecule has 0 aliphatic carbocycles. The Morgan fingerprint density at radius 2 is 2.28 bits per heavy atom. The van der Waals surface area contributed by atoms with Gasteiger partial charge >= 0.3 is 5.97 Å². The highest BCUT2D eigenvalue weighted by molar-refractivity contribution is 9.10. The van der Waals surface area contributed by atoms with Crippen molar-refractivity contribution in [3.63, 3.8) is 0 Å². The molecule has 0 aliphatic rings. The van der Waals surface area contributed by atoms with E-state index in [1.165, 1.54) is 0 Å². The lowest BCUT2D eigenvalue weighted by Gasteiger charge is -2.15. The molecule has 0 saturated heterocycles. The molecule has 1 atom stereocenters. The summed E-state index contributed by atoms with van der Waals surface area (Å²) in [6.07, 6.45) is 3.53. The maximum Gasteiger partial charge on any atom is 0.320 e. The summed E-state index contributed by atoms with van der Waals surface area (Å²) in [5.41, 5.74) is 1.13. The molecule has 100 valence electrons. The summed E-state index contributed by atoms with van der Waals surface area (Å²) in [7, 11) is 0. The van der Waals surface area contributed by atoms with E-state index in [1.54, 1.807) is 11.8 Å². The van der Waals surface area contributed by atoms with Crippen LogP contribution < -0.4 is 5.32 Å². The highest BCUT2D eigenvalue weighted by atomic mass is 79.9. The van der Waals surface area contributed by atoms with Gasteiger partial charge in [-0.15, -0.1) is 11.8 Å². The minimum absolute atomic E-state index is 0.464. The fraction of sp³-hybridized carbons (Fsp3) is 0.462. The van der Waals surface area contributed by atoms with Crippen LogP contribution >= 0.6 is 27.7 Å². The van der Waals surface area contributed by atoms with Crippen LogP contribution in [0.4, 0.5) is 0 Å². The standard InChI is InChI=1S/C13H18BrNO2S/c1-3-4-11(13(16)17)15-8-9-5-6-10(14)7-12(9)18-2/h5-7,11,15H,3-4,8H2,1-2H3,(H,16,17). The highest BCUT2D eigenvalue weighted by Crippen LogP contribution is 2.24. The maximum atomic E-state index is 11.0. The Labute approximate surface area is 120 Å². The Kier molecular flexibility index (Phi) is 6.75. The minimum atomic E-state index is -0.778. The van der Waals surface area contributed by atoms with E-state index < -0.39 is 12.0 Å². The molecule has 0 heterocycles.